The number of aryl methyl sites for hydroxylation is 1. The molecule has 6 heteroatoms. The highest BCUT2D eigenvalue weighted by atomic mass is 32.2. The molecule has 0 aromatic heterocycles. The monoisotopic (exact) mass is 358 g/mol. The minimum Gasteiger partial charge on any atom is -0.317 e. The first-order valence-electron chi connectivity index (χ1n) is 8.29. The molecule has 1 aliphatic heterocycles. The van der Waals surface area contributed by atoms with Crippen molar-refractivity contribution in [2.75, 3.05) is 18.1 Å². The summed E-state index contributed by atoms with van der Waals surface area (Å²) in [6.45, 7) is 2.54. The topological polar surface area (TPSA) is 66.5 Å². The molecule has 3 rings (SSSR count). The van der Waals surface area contributed by atoms with Gasteiger partial charge in [0.2, 0.25) is 0 Å². The maximum Gasteiger partial charge on any atom is 0.322 e. The molecular weight excluding hydrogens is 336 g/mol. The number of carbonyl (C=O) groups excluding carboxylic acids is 1. The van der Waals surface area contributed by atoms with E-state index in [1.807, 2.05) is 42.2 Å². The largest absolute Gasteiger partial charge is 0.322 e. The Labute approximate surface area is 148 Å². The number of likely N-dealkylation sites (tertiary alicyclic amines) is 1. The fraction of sp³-hybridized carbons (Fsp3) is 0.316. The lowest BCUT2D eigenvalue weighted by atomic mass is 10.1. The summed E-state index contributed by atoms with van der Waals surface area (Å²) in [7, 11) is -3.32. The van der Waals surface area contributed by atoms with Crippen molar-refractivity contribution in [1.82, 2.24) is 4.90 Å². The standard InChI is InChI=1S/C19H22N2O3S/c1-14-10-11-16(25(2,23)24)13-17(14)20-19(22)21-12-6-9-18(21)15-7-4-3-5-8-15/h3-5,7-8,10-11,13,18H,6,9,12H2,1-2H3,(H,20,22). The molecule has 0 aliphatic carbocycles. The third-order valence-electron chi connectivity index (χ3n) is 4.58. The van der Waals surface area contributed by atoms with Gasteiger partial charge in [-0.15, -0.1) is 0 Å². The van der Waals surface area contributed by atoms with Gasteiger partial charge in [0, 0.05) is 18.5 Å². The summed E-state index contributed by atoms with van der Waals surface area (Å²) in [5.74, 6) is 0. The Balaban J connectivity index is 1.82. The Morgan fingerprint density at radius 3 is 2.56 bits per heavy atom. The molecule has 2 aromatic carbocycles. The number of nitrogens with one attached hydrogen (secondary N) is 1. The van der Waals surface area contributed by atoms with Crippen LogP contribution in [0.5, 0.6) is 0 Å². The van der Waals surface area contributed by atoms with Crippen LogP contribution in [0, 0.1) is 6.92 Å². The smallest absolute Gasteiger partial charge is 0.317 e. The molecule has 0 saturated carbocycles. The van der Waals surface area contributed by atoms with Gasteiger partial charge in [-0.2, -0.15) is 0 Å². The first-order chi connectivity index (χ1) is 11.9. The van der Waals surface area contributed by atoms with Crippen molar-refractivity contribution in [3.8, 4) is 0 Å². The molecule has 1 aliphatic rings. The molecule has 1 heterocycles. The van der Waals surface area contributed by atoms with Gasteiger partial charge >= 0.3 is 6.03 Å². The Morgan fingerprint density at radius 2 is 1.88 bits per heavy atom. The van der Waals surface area contributed by atoms with E-state index < -0.39 is 9.84 Å². The van der Waals surface area contributed by atoms with Crippen molar-refractivity contribution in [3.63, 3.8) is 0 Å². The Bertz CT molecular complexity index is 879. The average molecular weight is 358 g/mol. The van der Waals surface area contributed by atoms with E-state index in [4.69, 9.17) is 0 Å². The van der Waals surface area contributed by atoms with Crippen LogP contribution in [0.4, 0.5) is 10.5 Å². The van der Waals surface area contributed by atoms with Gasteiger partial charge in [0.25, 0.3) is 0 Å². The van der Waals surface area contributed by atoms with Crippen LogP contribution in [0.3, 0.4) is 0 Å². The summed E-state index contributed by atoms with van der Waals surface area (Å²) >= 11 is 0. The predicted molar refractivity (Wildman–Crippen MR) is 98.4 cm³/mol. The zero-order chi connectivity index (χ0) is 18.0. The summed E-state index contributed by atoms with van der Waals surface area (Å²) in [4.78, 5) is 14.8. The number of benzene rings is 2. The van der Waals surface area contributed by atoms with E-state index in [9.17, 15) is 13.2 Å². The second-order valence-electron chi connectivity index (χ2n) is 6.44. The first-order valence-corrected chi connectivity index (χ1v) is 10.2. The average Bonchev–Trinajstić information content (AvgIpc) is 3.06. The molecule has 0 spiro atoms. The molecule has 25 heavy (non-hydrogen) atoms. The molecule has 0 bridgehead atoms. The molecule has 132 valence electrons. The molecule has 5 nitrogen and oxygen atoms in total. The van der Waals surface area contributed by atoms with Crippen LogP contribution in [-0.2, 0) is 9.84 Å². The Morgan fingerprint density at radius 1 is 1.16 bits per heavy atom. The van der Waals surface area contributed by atoms with E-state index in [0.29, 0.717) is 12.2 Å². The van der Waals surface area contributed by atoms with Gasteiger partial charge < -0.3 is 10.2 Å². The van der Waals surface area contributed by atoms with Crippen LogP contribution >= 0.6 is 0 Å². The maximum absolute atomic E-state index is 12.8. The van der Waals surface area contributed by atoms with Crippen LogP contribution in [-0.4, -0.2) is 32.1 Å². The molecule has 1 fully saturated rings. The SMILES string of the molecule is Cc1ccc(S(C)(=O)=O)cc1NC(=O)N1CCCC1c1ccccc1. The van der Waals surface area contributed by atoms with Crippen molar-refractivity contribution < 1.29 is 13.2 Å². The van der Waals surface area contributed by atoms with E-state index in [-0.39, 0.29) is 17.0 Å². The van der Waals surface area contributed by atoms with Crippen molar-refractivity contribution >= 4 is 21.6 Å². The van der Waals surface area contributed by atoms with Gasteiger partial charge in [-0.1, -0.05) is 36.4 Å². The lowest BCUT2D eigenvalue weighted by Gasteiger charge is -2.26. The van der Waals surface area contributed by atoms with E-state index in [1.54, 1.807) is 12.1 Å². The second kappa shape index (κ2) is 6.88. The first kappa shape index (κ1) is 17.5. The molecule has 1 N–H and O–H groups in total. The molecule has 1 saturated heterocycles. The van der Waals surface area contributed by atoms with Crippen LogP contribution in [0.25, 0.3) is 0 Å². The molecule has 1 atom stereocenters. The minimum absolute atomic E-state index is 0.0552. The zero-order valence-corrected chi connectivity index (χ0v) is 15.2. The van der Waals surface area contributed by atoms with Crippen LogP contribution < -0.4 is 5.32 Å². The second-order valence-corrected chi connectivity index (χ2v) is 8.46. The lowest BCUT2D eigenvalue weighted by Crippen LogP contribution is -2.34. The van der Waals surface area contributed by atoms with E-state index >= 15 is 0 Å². The summed E-state index contributed by atoms with van der Waals surface area (Å²) in [6.07, 6.45) is 3.05. The van der Waals surface area contributed by atoms with Gasteiger partial charge in [-0.3, -0.25) is 0 Å². The number of sulfone groups is 1. The Hall–Kier alpha value is -2.34. The maximum atomic E-state index is 12.8. The number of rotatable bonds is 3. The lowest BCUT2D eigenvalue weighted by molar-refractivity contribution is 0.207. The van der Waals surface area contributed by atoms with Gasteiger partial charge in [-0.25, -0.2) is 13.2 Å². The summed E-state index contributed by atoms with van der Waals surface area (Å²) in [6, 6.07) is 14.6. The number of urea groups is 1. The highest BCUT2D eigenvalue weighted by Crippen LogP contribution is 2.32. The highest BCUT2D eigenvalue weighted by molar-refractivity contribution is 7.90. The molecular formula is C19H22N2O3S. The predicted octanol–water partition coefficient (Wildman–Crippen LogP) is 3.77. The highest BCUT2D eigenvalue weighted by Gasteiger charge is 2.30. The normalized spacial score (nSPS) is 17.5. The number of hydrogen-bond acceptors (Lipinski definition) is 3. The van der Waals surface area contributed by atoms with Gasteiger partial charge in [0.15, 0.2) is 9.84 Å². The molecule has 1 unspecified atom stereocenters. The summed E-state index contributed by atoms with van der Waals surface area (Å²) < 4.78 is 23.5. The van der Waals surface area contributed by atoms with Crippen molar-refractivity contribution in [3.05, 3.63) is 59.7 Å². The number of amides is 2. The third-order valence-corrected chi connectivity index (χ3v) is 5.69. The summed E-state index contributed by atoms with van der Waals surface area (Å²) in [5, 5.41) is 2.89. The number of nitrogens with zero attached hydrogens (tertiary/aromatic N) is 1. The van der Waals surface area contributed by atoms with E-state index in [0.717, 1.165) is 30.2 Å². The third kappa shape index (κ3) is 3.85. The summed E-state index contributed by atoms with van der Waals surface area (Å²) in [5.41, 5.74) is 2.49. The van der Waals surface area contributed by atoms with Crippen molar-refractivity contribution in [2.45, 2.75) is 30.7 Å². The van der Waals surface area contributed by atoms with Gasteiger partial charge in [0.1, 0.15) is 0 Å². The van der Waals surface area contributed by atoms with Crippen LogP contribution in [0.2, 0.25) is 0 Å². The van der Waals surface area contributed by atoms with E-state index in [2.05, 4.69) is 5.32 Å². The number of carbonyl (C=O) groups is 1. The van der Waals surface area contributed by atoms with Crippen LogP contribution in [0.15, 0.2) is 53.4 Å². The quantitative estimate of drug-likeness (QED) is 0.908. The minimum atomic E-state index is -3.32. The molecule has 0 radical (unpaired) electrons. The fourth-order valence-corrected chi connectivity index (χ4v) is 3.83. The van der Waals surface area contributed by atoms with Crippen molar-refractivity contribution in [1.29, 1.82) is 0 Å². The van der Waals surface area contributed by atoms with Crippen LogP contribution in [0.1, 0.15) is 30.0 Å². The van der Waals surface area contributed by atoms with Gasteiger partial charge in [0.05, 0.1) is 10.9 Å². The van der Waals surface area contributed by atoms with Gasteiger partial charge in [-0.05, 0) is 43.0 Å². The fourth-order valence-electron chi connectivity index (χ4n) is 3.18. The number of hydrogen-bond donors (Lipinski definition) is 1. The Kier molecular flexibility index (Phi) is 4.81. The zero-order valence-electron chi connectivity index (χ0n) is 14.4. The van der Waals surface area contributed by atoms with Crippen molar-refractivity contribution in [2.24, 2.45) is 0 Å². The molecule has 2 aromatic rings. The number of anilines is 1. The van der Waals surface area contributed by atoms with E-state index in [1.165, 1.54) is 6.07 Å². The molecule has 2 amide bonds.